The molecule has 0 N–H and O–H groups in total. The number of rotatable bonds is 4. The molecule has 28 heavy (non-hydrogen) atoms. The van der Waals surface area contributed by atoms with Crippen molar-refractivity contribution in [3.63, 3.8) is 0 Å². The molecule has 1 atom stereocenters. The third-order valence-corrected chi connectivity index (χ3v) is 5.48. The van der Waals surface area contributed by atoms with Crippen molar-refractivity contribution in [2.75, 3.05) is 37.6 Å². The highest BCUT2D eigenvalue weighted by Gasteiger charge is 2.37. The van der Waals surface area contributed by atoms with Gasteiger partial charge in [-0.3, -0.25) is 9.59 Å². The van der Waals surface area contributed by atoms with Crippen molar-refractivity contribution in [3.8, 4) is 0 Å². The lowest BCUT2D eigenvalue weighted by Gasteiger charge is -2.35. The van der Waals surface area contributed by atoms with Crippen LogP contribution in [-0.2, 0) is 16.1 Å². The molecule has 1 unspecified atom stereocenters. The smallest absolute Gasteiger partial charge is 0.228 e. The largest absolute Gasteiger partial charge is 0.339 e. The molecular weight excluding hydrogens is 354 g/mol. The van der Waals surface area contributed by atoms with Gasteiger partial charge >= 0.3 is 0 Å². The van der Waals surface area contributed by atoms with Crippen molar-refractivity contribution in [2.45, 2.75) is 19.9 Å². The summed E-state index contributed by atoms with van der Waals surface area (Å²) in [6.07, 6.45) is 3.77. The van der Waals surface area contributed by atoms with Crippen molar-refractivity contribution in [1.29, 1.82) is 0 Å². The van der Waals surface area contributed by atoms with E-state index in [-0.39, 0.29) is 17.7 Å². The van der Waals surface area contributed by atoms with E-state index in [4.69, 9.17) is 0 Å². The van der Waals surface area contributed by atoms with Crippen LogP contribution in [-0.4, -0.2) is 64.3 Å². The fourth-order valence-corrected chi connectivity index (χ4v) is 3.84. The number of benzene rings is 1. The fraction of sp³-hybridized carbons (Fsp3) is 0.429. The maximum atomic E-state index is 12.9. The zero-order chi connectivity index (χ0) is 19.5. The van der Waals surface area contributed by atoms with E-state index in [9.17, 15) is 9.59 Å². The van der Waals surface area contributed by atoms with E-state index in [1.165, 1.54) is 5.56 Å². The molecule has 0 bridgehead atoms. The van der Waals surface area contributed by atoms with Gasteiger partial charge in [-0.05, 0) is 18.6 Å². The Balaban J connectivity index is 1.32. The van der Waals surface area contributed by atoms with Gasteiger partial charge in [-0.25, -0.2) is 9.97 Å². The first kappa shape index (κ1) is 18.4. The Morgan fingerprint density at radius 1 is 1.07 bits per heavy atom. The predicted molar refractivity (Wildman–Crippen MR) is 106 cm³/mol. The van der Waals surface area contributed by atoms with Crippen LogP contribution in [0.4, 0.5) is 5.95 Å². The standard InChI is InChI=1S/C21H25N5O2/c1-16-3-5-17(6-4-16)14-26-15-18(13-19(26)27)20(28)24-9-11-25(12-10-24)21-22-7-2-8-23-21/h2-8,18H,9-15H2,1H3. The molecule has 1 aromatic carbocycles. The number of nitrogens with zero attached hydrogens (tertiary/aromatic N) is 5. The summed E-state index contributed by atoms with van der Waals surface area (Å²) < 4.78 is 0. The molecule has 2 aliphatic rings. The summed E-state index contributed by atoms with van der Waals surface area (Å²) in [6, 6.07) is 9.98. The molecule has 7 nitrogen and oxygen atoms in total. The highest BCUT2D eigenvalue weighted by molar-refractivity contribution is 5.89. The van der Waals surface area contributed by atoms with Crippen LogP contribution in [0, 0.1) is 12.8 Å². The number of aromatic nitrogens is 2. The summed E-state index contributed by atoms with van der Waals surface area (Å²) >= 11 is 0. The van der Waals surface area contributed by atoms with Gasteiger partial charge in [-0.15, -0.1) is 0 Å². The molecule has 2 fully saturated rings. The fourth-order valence-electron chi connectivity index (χ4n) is 3.84. The Hall–Kier alpha value is -2.96. The number of anilines is 1. The van der Waals surface area contributed by atoms with Crippen LogP contribution in [0.25, 0.3) is 0 Å². The number of hydrogen-bond donors (Lipinski definition) is 0. The first-order valence-corrected chi connectivity index (χ1v) is 9.74. The second-order valence-corrected chi connectivity index (χ2v) is 7.52. The number of aryl methyl sites for hydroxylation is 1. The van der Waals surface area contributed by atoms with Crippen LogP contribution >= 0.6 is 0 Å². The number of amides is 2. The van der Waals surface area contributed by atoms with Crippen LogP contribution in [0.15, 0.2) is 42.7 Å². The van der Waals surface area contributed by atoms with Crippen LogP contribution in [0.2, 0.25) is 0 Å². The van der Waals surface area contributed by atoms with Crippen molar-refractivity contribution in [1.82, 2.24) is 19.8 Å². The minimum absolute atomic E-state index is 0.0650. The topological polar surface area (TPSA) is 69.6 Å². The lowest BCUT2D eigenvalue weighted by atomic mass is 10.1. The molecule has 2 amide bonds. The Labute approximate surface area is 165 Å². The number of hydrogen-bond acceptors (Lipinski definition) is 5. The maximum absolute atomic E-state index is 12.9. The summed E-state index contributed by atoms with van der Waals surface area (Å²) in [5, 5.41) is 0. The van der Waals surface area contributed by atoms with E-state index in [0.29, 0.717) is 51.6 Å². The van der Waals surface area contributed by atoms with Gasteiger partial charge < -0.3 is 14.7 Å². The van der Waals surface area contributed by atoms with Gasteiger partial charge in [0.1, 0.15) is 0 Å². The van der Waals surface area contributed by atoms with E-state index in [0.717, 1.165) is 5.56 Å². The molecule has 0 spiro atoms. The highest BCUT2D eigenvalue weighted by Crippen LogP contribution is 2.23. The number of piperazine rings is 1. The first-order valence-electron chi connectivity index (χ1n) is 9.74. The minimum Gasteiger partial charge on any atom is -0.339 e. The molecule has 0 saturated carbocycles. The maximum Gasteiger partial charge on any atom is 0.228 e. The average Bonchev–Trinajstić information content (AvgIpc) is 3.10. The van der Waals surface area contributed by atoms with E-state index < -0.39 is 0 Å². The number of carbonyl (C=O) groups is 2. The van der Waals surface area contributed by atoms with Gasteiger partial charge in [0.25, 0.3) is 0 Å². The SMILES string of the molecule is Cc1ccc(CN2CC(C(=O)N3CCN(c4ncccn4)CC3)CC2=O)cc1. The Morgan fingerprint density at radius 2 is 1.75 bits per heavy atom. The lowest BCUT2D eigenvalue weighted by molar-refractivity contribution is -0.136. The highest BCUT2D eigenvalue weighted by atomic mass is 16.2. The van der Waals surface area contributed by atoms with Crippen molar-refractivity contribution in [3.05, 3.63) is 53.9 Å². The molecule has 1 aromatic heterocycles. The Kier molecular flexibility index (Phi) is 5.23. The number of carbonyl (C=O) groups excluding carboxylic acids is 2. The second kappa shape index (κ2) is 7.96. The zero-order valence-corrected chi connectivity index (χ0v) is 16.1. The second-order valence-electron chi connectivity index (χ2n) is 7.52. The van der Waals surface area contributed by atoms with Gasteiger partial charge in [0.05, 0.1) is 5.92 Å². The third-order valence-electron chi connectivity index (χ3n) is 5.48. The van der Waals surface area contributed by atoms with Gasteiger partial charge in [0.15, 0.2) is 0 Å². The lowest BCUT2D eigenvalue weighted by Crippen LogP contribution is -2.51. The molecule has 3 heterocycles. The molecule has 2 aliphatic heterocycles. The monoisotopic (exact) mass is 379 g/mol. The molecule has 4 rings (SSSR count). The van der Waals surface area contributed by atoms with Crippen LogP contribution in [0.3, 0.4) is 0 Å². The third kappa shape index (κ3) is 3.98. The van der Waals surface area contributed by atoms with E-state index in [1.807, 2.05) is 24.0 Å². The van der Waals surface area contributed by atoms with E-state index in [1.54, 1.807) is 23.4 Å². The summed E-state index contributed by atoms with van der Waals surface area (Å²) in [5.74, 6) is 0.621. The Morgan fingerprint density at radius 3 is 2.43 bits per heavy atom. The minimum atomic E-state index is -0.238. The van der Waals surface area contributed by atoms with Crippen LogP contribution < -0.4 is 4.90 Å². The average molecular weight is 379 g/mol. The quantitative estimate of drug-likeness (QED) is 0.805. The summed E-state index contributed by atoms with van der Waals surface area (Å²) in [6.45, 7) is 5.82. The molecule has 0 radical (unpaired) electrons. The molecular formula is C21H25N5O2. The van der Waals surface area contributed by atoms with E-state index >= 15 is 0 Å². The zero-order valence-electron chi connectivity index (χ0n) is 16.1. The molecule has 2 aromatic rings. The first-order chi connectivity index (χ1) is 13.6. The molecule has 0 aliphatic carbocycles. The molecule has 146 valence electrons. The van der Waals surface area contributed by atoms with Crippen molar-refractivity contribution >= 4 is 17.8 Å². The van der Waals surface area contributed by atoms with Gasteiger partial charge in [0, 0.05) is 58.1 Å². The summed E-state index contributed by atoms with van der Waals surface area (Å²) in [5.41, 5.74) is 2.30. The van der Waals surface area contributed by atoms with Gasteiger partial charge in [-0.2, -0.15) is 0 Å². The summed E-state index contributed by atoms with van der Waals surface area (Å²) in [4.78, 5) is 39.7. The normalized spacial score (nSPS) is 20.0. The van der Waals surface area contributed by atoms with Gasteiger partial charge in [0.2, 0.25) is 17.8 Å². The van der Waals surface area contributed by atoms with Gasteiger partial charge in [-0.1, -0.05) is 29.8 Å². The van der Waals surface area contributed by atoms with E-state index in [2.05, 4.69) is 27.0 Å². The molecule has 2 saturated heterocycles. The van der Waals surface area contributed by atoms with Crippen LogP contribution in [0.1, 0.15) is 17.5 Å². The van der Waals surface area contributed by atoms with Crippen LogP contribution in [0.5, 0.6) is 0 Å². The van der Waals surface area contributed by atoms with Crippen molar-refractivity contribution < 1.29 is 9.59 Å². The van der Waals surface area contributed by atoms with Crippen molar-refractivity contribution in [2.24, 2.45) is 5.92 Å². The number of likely N-dealkylation sites (tertiary alicyclic amines) is 1. The summed E-state index contributed by atoms with van der Waals surface area (Å²) in [7, 11) is 0. The molecule has 7 heteroatoms. The predicted octanol–water partition coefficient (Wildman–Crippen LogP) is 1.48. The Bertz CT molecular complexity index is 832.